The van der Waals surface area contributed by atoms with Crippen LogP contribution in [0.3, 0.4) is 0 Å². The minimum absolute atomic E-state index is 0.0442. The van der Waals surface area contributed by atoms with Gasteiger partial charge in [0.15, 0.2) is 45.3 Å². The van der Waals surface area contributed by atoms with Gasteiger partial charge in [-0.15, -0.1) is 0 Å². The highest BCUT2D eigenvalue weighted by Crippen LogP contribution is 2.52. The van der Waals surface area contributed by atoms with Crippen molar-refractivity contribution >= 4 is 50.0 Å². The van der Waals surface area contributed by atoms with Gasteiger partial charge in [0, 0.05) is 17.0 Å². The first-order chi connectivity index (χ1) is 21.9. The van der Waals surface area contributed by atoms with Crippen molar-refractivity contribution in [3.8, 4) is 34.5 Å². The summed E-state index contributed by atoms with van der Waals surface area (Å²) in [6.07, 6.45) is 6.57. The molecule has 10 heteroatoms. The van der Waals surface area contributed by atoms with Crippen molar-refractivity contribution in [3.05, 3.63) is 97.8 Å². The van der Waals surface area contributed by atoms with Gasteiger partial charge in [-0.25, -0.2) is 0 Å². The molecule has 0 fully saturated rings. The van der Waals surface area contributed by atoms with E-state index in [0.717, 1.165) is 5.57 Å². The molecule has 1 aliphatic rings. The number of phenolic OH excluding ortho intramolecular Hbond substituents is 6. The molecule has 0 bridgehead atoms. The van der Waals surface area contributed by atoms with Crippen molar-refractivity contribution < 1.29 is 39.5 Å². The zero-order valence-electron chi connectivity index (χ0n) is 24.7. The molecule has 0 saturated carbocycles. The third kappa shape index (κ3) is 4.17. The van der Waals surface area contributed by atoms with Crippen LogP contribution in [0.25, 0.3) is 50.0 Å². The van der Waals surface area contributed by atoms with E-state index in [2.05, 4.69) is 0 Å². The van der Waals surface area contributed by atoms with Crippen molar-refractivity contribution in [1.82, 2.24) is 0 Å². The standard InChI is InChI=1S/C36H28O10/c1-16-9-11-36(2,12-10-17-14-24(39)26-29(42)18-5-3-7-22(37)32(18)45-34(26)28(17)41)21(13-16)20-15-25(40)27-30(43)19-6-4-8-23(38)33(19)46-35(27)31(20)44/h3-8,10,12-15,21,37-41,44H,9,11H2,1-2H3/t21-,36-/m0/s1. The largest absolute Gasteiger partial charge is 0.507 e. The third-order valence-corrected chi connectivity index (χ3v) is 9.07. The second kappa shape index (κ2) is 10.1. The van der Waals surface area contributed by atoms with Crippen LogP contribution in [0.2, 0.25) is 0 Å². The molecule has 6 aromatic rings. The van der Waals surface area contributed by atoms with E-state index in [1.807, 2.05) is 19.9 Å². The first kappa shape index (κ1) is 28.8. The summed E-state index contributed by atoms with van der Waals surface area (Å²) >= 11 is 0. The highest BCUT2D eigenvalue weighted by molar-refractivity contribution is 6.00. The second-order valence-corrected chi connectivity index (χ2v) is 12.1. The maximum Gasteiger partial charge on any atom is 0.204 e. The van der Waals surface area contributed by atoms with Crippen LogP contribution in [-0.4, -0.2) is 30.6 Å². The summed E-state index contributed by atoms with van der Waals surface area (Å²) < 4.78 is 11.6. The molecule has 232 valence electrons. The minimum atomic E-state index is -0.754. The number of hydrogen-bond acceptors (Lipinski definition) is 10. The maximum absolute atomic E-state index is 13.3. The number of phenols is 6. The van der Waals surface area contributed by atoms with Gasteiger partial charge < -0.3 is 39.5 Å². The van der Waals surface area contributed by atoms with Gasteiger partial charge in [0.25, 0.3) is 0 Å². The normalized spacial score (nSPS) is 18.7. The van der Waals surface area contributed by atoms with E-state index < -0.39 is 39.4 Å². The molecule has 7 rings (SSSR count). The molecule has 1 aliphatic carbocycles. The van der Waals surface area contributed by atoms with E-state index in [9.17, 15) is 40.2 Å². The summed E-state index contributed by atoms with van der Waals surface area (Å²) in [7, 11) is 0. The summed E-state index contributed by atoms with van der Waals surface area (Å²) in [5.74, 6) is -2.76. The first-order valence-electron chi connectivity index (χ1n) is 14.5. The van der Waals surface area contributed by atoms with E-state index >= 15 is 0 Å². The van der Waals surface area contributed by atoms with Gasteiger partial charge in [0.05, 0.1) is 10.8 Å². The topological polar surface area (TPSA) is 182 Å². The van der Waals surface area contributed by atoms with Crippen LogP contribution in [0.5, 0.6) is 34.5 Å². The van der Waals surface area contributed by atoms with Crippen LogP contribution in [0, 0.1) is 5.41 Å². The number of aromatic hydroxyl groups is 6. The van der Waals surface area contributed by atoms with Crippen LogP contribution in [0.15, 0.2) is 84.7 Å². The molecule has 4 aromatic carbocycles. The van der Waals surface area contributed by atoms with Gasteiger partial charge in [-0.2, -0.15) is 0 Å². The quantitative estimate of drug-likeness (QED) is 0.0686. The fourth-order valence-electron chi connectivity index (χ4n) is 6.50. The molecule has 0 amide bonds. The van der Waals surface area contributed by atoms with Crippen LogP contribution in [0.4, 0.5) is 0 Å². The Morgan fingerprint density at radius 2 is 1.28 bits per heavy atom. The Morgan fingerprint density at radius 3 is 1.87 bits per heavy atom. The summed E-state index contributed by atoms with van der Waals surface area (Å²) in [6.45, 7) is 3.86. The number of fused-ring (bicyclic) bond motifs is 4. The molecule has 6 N–H and O–H groups in total. The summed E-state index contributed by atoms with van der Waals surface area (Å²) in [6, 6.07) is 11.1. The van der Waals surface area contributed by atoms with Crippen molar-refractivity contribution in [3.63, 3.8) is 0 Å². The Balaban J connectivity index is 1.39. The SMILES string of the molecule is CC1=C[C@@H](c2cc(O)c3c(=O)c4cccc(O)c4oc3c2O)[C@](C)(C=Cc2cc(O)c3c(=O)c4cccc(O)c4oc3c2O)CC1. The Labute approximate surface area is 259 Å². The molecule has 46 heavy (non-hydrogen) atoms. The predicted molar refractivity (Wildman–Crippen MR) is 173 cm³/mol. The van der Waals surface area contributed by atoms with E-state index in [-0.39, 0.29) is 72.3 Å². The molecule has 2 aromatic heterocycles. The fraction of sp³-hybridized carbons (Fsp3) is 0.167. The molecule has 0 aliphatic heterocycles. The lowest BCUT2D eigenvalue weighted by Crippen LogP contribution is -2.26. The van der Waals surface area contributed by atoms with Gasteiger partial charge >= 0.3 is 0 Å². The lowest BCUT2D eigenvalue weighted by molar-refractivity contribution is 0.325. The number of hydrogen-bond donors (Lipinski definition) is 6. The summed E-state index contributed by atoms with van der Waals surface area (Å²) in [4.78, 5) is 26.4. The molecule has 2 heterocycles. The Kier molecular flexibility index (Phi) is 6.31. The van der Waals surface area contributed by atoms with Gasteiger partial charge in [0.2, 0.25) is 10.9 Å². The van der Waals surface area contributed by atoms with Gasteiger partial charge in [0.1, 0.15) is 22.3 Å². The molecule has 10 nitrogen and oxygen atoms in total. The summed E-state index contributed by atoms with van der Waals surface area (Å²) in [5.41, 5.74) is -1.36. The minimum Gasteiger partial charge on any atom is -0.507 e. The first-order valence-corrected chi connectivity index (χ1v) is 14.5. The molecular weight excluding hydrogens is 592 g/mol. The number of benzene rings is 4. The van der Waals surface area contributed by atoms with Crippen LogP contribution in [0.1, 0.15) is 43.7 Å². The average molecular weight is 621 g/mol. The predicted octanol–water partition coefficient (Wildman–Crippen LogP) is 6.98. The Hall–Kier alpha value is -5.90. The monoisotopic (exact) mass is 620 g/mol. The average Bonchev–Trinajstić information content (AvgIpc) is 3.02. The Bertz CT molecular complexity index is 2470. The molecule has 0 saturated heterocycles. The zero-order chi connectivity index (χ0) is 32.7. The maximum atomic E-state index is 13.3. The third-order valence-electron chi connectivity index (χ3n) is 9.07. The van der Waals surface area contributed by atoms with Gasteiger partial charge in [-0.3, -0.25) is 9.59 Å². The molecule has 0 spiro atoms. The van der Waals surface area contributed by atoms with Gasteiger partial charge in [-0.05, 0) is 61.6 Å². The van der Waals surface area contributed by atoms with Crippen molar-refractivity contribution in [2.75, 3.05) is 0 Å². The molecule has 0 radical (unpaired) electrons. The lowest BCUT2D eigenvalue weighted by atomic mass is 9.66. The van der Waals surface area contributed by atoms with E-state index in [0.29, 0.717) is 12.8 Å². The van der Waals surface area contributed by atoms with E-state index in [4.69, 9.17) is 8.83 Å². The highest BCUT2D eigenvalue weighted by Gasteiger charge is 2.37. The van der Waals surface area contributed by atoms with Crippen molar-refractivity contribution in [1.29, 1.82) is 0 Å². The molecule has 2 atom stereocenters. The van der Waals surface area contributed by atoms with Crippen LogP contribution in [-0.2, 0) is 0 Å². The van der Waals surface area contributed by atoms with Crippen LogP contribution >= 0.6 is 0 Å². The van der Waals surface area contributed by atoms with Crippen molar-refractivity contribution in [2.24, 2.45) is 5.41 Å². The highest BCUT2D eigenvalue weighted by atomic mass is 16.4. The van der Waals surface area contributed by atoms with Gasteiger partial charge in [-0.1, -0.05) is 42.9 Å². The number of allylic oxidation sites excluding steroid dienone is 3. The van der Waals surface area contributed by atoms with E-state index in [1.54, 1.807) is 12.2 Å². The number of rotatable bonds is 3. The smallest absolute Gasteiger partial charge is 0.204 e. The number of para-hydroxylation sites is 2. The lowest BCUT2D eigenvalue weighted by Gasteiger charge is -2.38. The molecule has 0 unspecified atom stereocenters. The molecular formula is C36H28O10. The second-order valence-electron chi connectivity index (χ2n) is 12.1. The summed E-state index contributed by atoms with van der Waals surface area (Å²) in [5, 5.41) is 64.9. The van der Waals surface area contributed by atoms with Crippen molar-refractivity contribution in [2.45, 2.75) is 32.6 Å². The zero-order valence-corrected chi connectivity index (χ0v) is 24.7. The fourth-order valence-corrected chi connectivity index (χ4v) is 6.50. The Morgan fingerprint density at radius 1 is 0.739 bits per heavy atom. The van der Waals surface area contributed by atoms with E-state index in [1.165, 1.54) is 48.5 Å². The van der Waals surface area contributed by atoms with Crippen LogP contribution < -0.4 is 10.9 Å².